The minimum Gasteiger partial charge on any atom is -0.371 e. The fourth-order valence-corrected chi connectivity index (χ4v) is 3.25. The Hall–Kier alpha value is -0.890. The number of hydrogen-bond acceptors (Lipinski definition) is 2. The van der Waals surface area contributed by atoms with Gasteiger partial charge in [0.2, 0.25) is 0 Å². The van der Waals surface area contributed by atoms with Gasteiger partial charge in [-0.1, -0.05) is 24.3 Å². The maximum Gasteiger partial charge on any atom is 0.147 e. The summed E-state index contributed by atoms with van der Waals surface area (Å²) in [4.78, 5) is 11.9. The van der Waals surface area contributed by atoms with E-state index in [0.29, 0.717) is 17.6 Å². The van der Waals surface area contributed by atoms with Crippen LogP contribution in [0.2, 0.25) is 0 Å². The number of rotatable bonds is 2. The quantitative estimate of drug-likeness (QED) is 0.643. The lowest BCUT2D eigenvalue weighted by Crippen LogP contribution is -2.29. The summed E-state index contributed by atoms with van der Waals surface area (Å²) in [6.07, 6.45) is 8.88. The number of allylic oxidation sites excluding steroid dienone is 3. The summed E-state index contributed by atoms with van der Waals surface area (Å²) in [6, 6.07) is 0. The molecule has 5 unspecified atom stereocenters. The Labute approximate surface area is 90.0 Å². The zero-order valence-corrected chi connectivity index (χ0v) is 9.09. The van der Waals surface area contributed by atoms with Gasteiger partial charge < -0.3 is 4.74 Å². The van der Waals surface area contributed by atoms with Gasteiger partial charge in [0.05, 0.1) is 12.2 Å². The Morgan fingerprint density at radius 2 is 1.87 bits per heavy atom. The second kappa shape index (κ2) is 3.05. The molecule has 15 heavy (non-hydrogen) atoms. The van der Waals surface area contributed by atoms with Crippen molar-refractivity contribution < 1.29 is 9.53 Å². The number of ketones is 1. The smallest absolute Gasteiger partial charge is 0.147 e. The summed E-state index contributed by atoms with van der Waals surface area (Å²) in [6.45, 7) is 4.10. The molecular weight excluding hydrogens is 188 g/mol. The van der Waals surface area contributed by atoms with Crippen molar-refractivity contribution in [1.82, 2.24) is 0 Å². The Kier molecular flexibility index (Phi) is 1.90. The second-order valence-electron chi connectivity index (χ2n) is 5.03. The van der Waals surface area contributed by atoms with Gasteiger partial charge in [0.15, 0.2) is 0 Å². The van der Waals surface area contributed by atoms with Crippen LogP contribution in [0.4, 0.5) is 0 Å². The molecule has 0 N–H and O–H groups in total. The molecule has 3 aliphatic carbocycles. The Morgan fingerprint density at radius 1 is 1.13 bits per heavy atom. The van der Waals surface area contributed by atoms with Gasteiger partial charge in [-0.25, -0.2) is 0 Å². The van der Waals surface area contributed by atoms with Crippen molar-refractivity contribution in [2.45, 2.75) is 26.1 Å². The Bertz CT molecular complexity index is 354. The molecule has 1 saturated carbocycles. The van der Waals surface area contributed by atoms with E-state index in [-0.39, 0.29) is 24.0 Å². The lowest BCUT2D eigenvalue weighted by Gasteiger charge is -2.26. The maximum absolute atomic E-state index is 11.9. The number of carbonyl (C=O) groups is 1. The summed E-state index contributed by atoms with van der Waals surface area (Å²) in [5.74, 6) is 1.48. The fourth-order valence-electron chi connectivity index (χ4n) is 3.25. The highest BCUT2D eigenvalue weighted by Crippen LogP contribution is 2.51. The van der Waals surface area contributed by atoms with Gasteiger partial charge >= 0.3 is 0 Å². The SMILES string of the molecule is CC(C)OC1C=CC2C3C=CC(C3=O)C12. The van der Waals surface area contributed by atoms with Crippen molar-refractivity contribution in [3.05, 3.63) is 24.3 Å². The van der Waals surface area contributed by atoms with Crippen LogP contribution in [0.1, 0.15) is 13.8 Å². The standard InChI is InChI=1S/C13H16O2/c1-7(2)15-11-6-5-8-9-3-4-10(12(8)11)13(9)14/h3-12H,1-2H3. The molecule has 3 rings (SSSR count). The van der Waals surface area contributed by atoms with Crippen molar-refractivity contribution in [2.24, 2.45) is 23.7 Å². The molecule has 1 fully saturated rings. The third-order valence-electron chi connectivity index (χ3n) is 3.79. The van der Waals surface area contributed by atoms with Crippen LogP contribution in [0.3, 0.4) is 0 Å². The Balaban J connectivity index is 1.85. The first-order valence-electron chi connectivity index (χ1n) is 5.74. The predicted octanol–water partition coefficient (Wildman–Crippen LogP) is 1.97. The van der Waals surface area contributed by atoms with Gasteiger partial charge in [-0.05, 0) is 19.8 Å². The van der Waals surface area contributed by atoms with Gasteiger partial charge in [0.25, 0.3) is 0 Å². The van der Waals surface area contributed by atoms with E-state index in [1.54, 1.807) is 0 Å². The van der Waals surface area contributed by atoms with Crippen molar-refractivity contribution in [3.63, 3.8) is 0 Å². The summed E-state index contributed by atoms with van der Waals surface area (Å²) in [5.41, 5.74) is 0. The molecule has 0 saturated heterocycles. The third kappa shape index (κ3) is 1.18. The number of hydrogen-bond donors (Lipinski definition) is 0. The first kappa shape index (κ1) is 9.34. The van der Waals surface area contributed by atoms with Crippen LogP contribution in [-0.4, -0.2) is 18.0 Å². The fraction of sp³-hybridized carbons (Fsp3) is 0.615. The molecule has 2 bridgehead atoms. The summed E-state index contributed by atoms with van der Waals surface area (Å²) in [5, 5.41) is 0. The average molecular weight is 204 g/mol. The Morgan fingerprint density at radius 3 is 2.60 bits per heavy atom. The molecule has 0 amide bonds. The molecule has 2 nitrogen and oxygen atoms in total. The number of Topliss-reactive ketones (excluding diaryl/α,β-unsaturated/α-hetero) is 1. The lowest BCUT2D eigenvalue weighted by molar-refractivity contribution is -0.121. The van der Waals surface area contributed by atoms with E-state index in [9.17, 15) is 4.79 Å². The number of carbonyl (C=O) groups excluding carboxylic acids is 1. The van der Waals surface area contributed by atoms with Gasteiger partial charge in [-0.2, -0.15) is 0 Å². The summed E-state index contributed by atoms with van der Waals surface area (Å²) < 4.78 is 5.85. The predicted molar refractivity (Wildman–Crippen MR) is 57.3 cm³/mol. The van der Waals surface area contributed by atoms with Crippen LogP contribution in [0.5, 0.6) is 0 Å². The maximum atomic E-state index is 11.9. The lowest BCUT2D eigenvalue weighted by atomic mass is 9.84. The first-order valence-corrected chi connectivity index (χ1v) is 5.74. The van der Waals surface area contributed by atoms with Crippen LogP contribution >= 0.6 is 0 Å². The number of fused-ring (bicyclic) bond motifs is 5. The van der Waals surface area contributed by atoms with E-state index in [2.05, 4.69) is 24.3 Å². The average Bonchev–Trinajstić information content (AvgIpc) is 2.79. The van der Waals surface area contributed by atoms with Crippen LogP contribution in [0.15, 0.2) is 24.3 Å². The van der Waals surface area contributed by atoms with E-state index in [1.807, 2.05) is 13.8 Å². The van der Waals surface area contributed by atoms with Gasteiger partial charge in [0.1, 0.15) is 5.78 Å². The van der Waals surface area contributed by atoms with Crippen molar-refractivity contribution >= 4 is 5.78 Å². The minimum absolute atomic E-state index is 0.124. The van der Waals surface area contributed by atoms with E-state index >= 15 is 0 Å². The van der Waals surface area contributed by atoms with E-state index in [1.165, 1.54) is 0 Å². The van der Waals surface area contributed by atoms with Crippen molar-refractivity contribution in [1.29, 1.82) is 0 Å². The van der Waals surface area contributed by atoms with Crippen LogP contribution in [0.25, 0.3) is 0 Å². The van der Waals surface area contributed by atoms with Crippen molar-refractivity contribution in [3.8, 4) is 0 Å². The van der Waals surface area contributed by atoms with E-state index < -0.39 is 0 Å². The topological polar surface area (TPSA) is 26.3 Å². The minimum atomic E-state index is 0.124. The highest BCUT2D eigenvalue weighted by molar-refractivity contribution is 5.93. The van der Waals surface area contributed by atoms with Crippen LogP contribution < -0.4 is 0 Å². The van der Waals surface area contributed by atoms with Crippen LogP contribution in [-0.2, 0) is 9.53 Å². The normalized spacial score (nSPS) is 45.8. The molecule has 0 heterocycles. The zero-order chi connectivity index (χ0) is 10.6. The molecule has 80 valence electrons. The largest absolute Gasteiger partial charge is 0.371 e. The molecule has 3 aliphatic rings. The second-order valence-corrected chi connectivity index (χ2v) is 5.03. The zero-order valence-electron chi connectivity index (χ0n) is 9.09. The molecule has 0 aromatic carbocycles. The van der Waals surface area contributed by atoms with E-state index in [4.69, 9.17) is 4.74 Å². The third-order valence-corrected chi connectivity index (χ3v) is 3.79. The summed E-state index contributed by atoms with van der Waals surface area (Å²) in [7, 11) is 0. The molecule has 0 aliphatic heterocycles. The van der Waals surface area contributed by atoms with E-state index in [0.717, 1.165) is 0 Å². The summed E-state index contributed by atoms with van der Waals surface area (Å²) >= 11 is 0. The molecule has 0 spiro atoms. The van der Waals surface area contributed by atoms with Gasteiger partial charge in [-0.3, -0.25) is 4.79 Å². The molecule has 0 aromatic heterocycles. The van der Waals surface area contributed by atoms with Crippen molar-refractivity contribution in [2.75, 3.05) is 0 Å². The molecule has 5 atom stereocenters. The first-order chi connectivity index (χ1) is 7.18. The molecule has 0 radical (unpaired) electrons. The molecular formula is C13H16O2. The van der Waals surface area contributed by atoms with Gasteiger partial charge in [-0.15, -0.1) is 0 Å². The monoisotopic (exact) mass is 204 g/mol. The molecule has 2 heteroatoms. The van der Waals surface area contributed by atoms with Crippen LogP contribution in [0, 0.1) is 23.7 Å². The number of ether oxygens (including phenoxy) is 1. The highest BCUT2D eigenvalue weighted by atomic mass is 16.5. The van der Waals surface area contributed by atoms with Gasteiger partial charge in [0, 0.05) is 17.8 Å². The highest BCUT2D eigenvalue weighted by Gasteiger charge is 2.54. The molecule has 0 aromatic rings.